The molecule has 0 saturated carbocycles. The zero-order valence-corrected chi connectivity index (χ0v) is 11.9. The number of hydrogen-bond donors (Lipinski definition) is 1. The Morgan fingerprint density at radius 1 is 0.909 bits per heavy atom. The van der Waals surface area contributed by atoms with Crippen LogP contribution in [0.25, 0.3) is 0 Å². The van der Waals surface area contributed by atoms with E-state index in [2.05, 4.69) is 11.7 Å². The molecule has 0 bridgehead atoms. The second-order valence-electron chi connectivity index (χ2n) is 4.67. The van der Waals surface area contributed by atoms with Crippen LogP contribution in [0, 0.1) is 0 Å². The monoisotopic (exact) mass is 315 g/mol. The zero-order chi connectivity index (χ0) is 16.1. The van der Waals surface area contributed by atoms with Crippen LogP contribution in [0.5, 0.6) is 0 Å². The maximum Gasteiger partial charge on any atom is 0.296 e. The predicted octanol–water partition coefficient (Wildman–Crippen LogP) is 2.04. The van der Waals surface area contributed by atoms with E-state index in [1.807, 2.05) is 0 Å². The first kappa shape index (κ1) is 14.3. The van der Waals surface area contributed by atoms with Gasteiger partial charge in [0.1, 0.15) is 4.90 Å². The van der Waals surface area contributed by atoms with Crippen molar-refractivity contribution >= 4 is 34.1 Å². The number of nitrogens with zero attached hydrogens (tertiary/aromatic N) is 1. The number of rotatable bonds is 2. The zero-order valence-electron chi connectivity index (χ0n) is 11.1. The second kappa shape index (κ2) is 4.69. The largest absolute Gasteiger partial charge is 0.296 e. The quantitative estimate of drug-likeness (QED) is 0.576. The minimum absolute atomic E-state index is 0.0403. The Hall–Kier alpha value is -2.64. The van der Waals surface area contributed by atoms with Gasteiger partial charge in [-0.1, -0.05) is 24.3 Å². The molecule has 22 heavy (non-hydrogen) atoms. The van der Waals surface area contributed by atoms with Crippen molar-refractivity contribution in [3.63, 3.8) is 0 Å². The van der Waals surface area contributed by atoms with Gasteiger partial charge in [0.15, 0.2) is 11.6 Å². The first-order valence-electron chi connectivity index (χ1n) is 6.16. The van der Waals surface area contributed by atoms with Gasteiger partial charge in [-0.3, -0.25) is 19.1 Å². The summed E-state index contributed by atoms with van der Waals surface area (Å²) in [5.41, 5.74) is -0.0211. The molecule has 0 saturated heterocycles. The molecule has 6 nitrogen and oxygen atoms in total. The second-order valence-corrected chi connectivity index (χ2v) is 6.06. The molecule has 7 heteroatoms. The summed E-state index contributed by atoms with van der Waals surface area (Å²) >= 11 is 0. The topological polar surface area (TPSA) is 101 Å². The number of fused-ring (bicyclic) bond motifs is 2. The molecule has 0 atom stereocenters. The van der Waals surface area contributed by atoms with Crippen LogP contribution in [-0.4, -0.2) is 31.3 Å². The average molecular weight is 315 g/mol. The van der Waals surface area contributed by atoms with E-state index in [1.54, 1.807) is 12.1 Å². The Morgan fingerprint density at radius 3 is 2.05 bits per heavy atom. The number of carbonyl (C=O) groups excluding carboxylic acids is 2. The fourth-order valence-corrected chi connectivity index (χ4v) is 3.17. The standard InChI is InChI=1S/C15H9NO5S/c1-16-13-11(22(19,20)21)7-6-10-12(13)15(18)9-5-3-2-4-8(9)14(10)17/h2-7H,1H2,(H,19,20,21). The molecule has 1 aliphatic rings. The van der Waals surface area contributed by atoms with Crippen molar-refractivity contribution in [1.29, 1.82) is 0 Å². The Kier molecular flexibility index (Phi) is 3.05. The van der Waals surface area contributed by atoms with Crippen LogP contribution < -0.4 is 0 Å². The van der Waals surface area contributed by atoms with E-state index in [9.17, 15) is 22.6 Å². The summed E-state index contributed by atoms with van der Waals surface area (Å²) in [5, 5.41) is 0. The summed E-state index contributed by atoms with van der Waals surface area (Å²) in [6, 6.07) is 8.47. The van der Waals surface area contributed by atoms with Gasteiger partial charge in [-0.15, -0.1) is 0 Å². The van der Waals surface area contributed by atoms with E-state index < -0.39 is 26.6 Å². The Morgan fingerprint density at radius 2 is 1.50 bits per heavy atom. The maximum absolute atomic E-state index is 12.6. The Bertz CT molecular complexity index is 960. The molecule has 110 valence electrons. The van der Waals surface area contributed by atoms with Crippen molar-refractivity contribution in [3.8, 4) is 0 Å². The maximum atomic E-state index is 12.6. The molecule has 0 unspecified atom stereocenters. The van der Waals surface area contributed by atoms with Crippen LogP contribution in [0.1, 0.15) is 31.8 Å². The van der Waals surface area contributed by atoms with Crippen molar-refractivity contribution in [3.05, 3.63) is 58.7 Å². The highest BCUT2D eigenvalue weighted by atomic mass is 32.2. The molecule has 1 N–H and O–H groups in total. The highest BCUT2D eigenvalue weighted by Crippen LogP contribution is 2.37. The average Bonchev–Trinajstić information content (AvgIpc) is 2.50. The molecule has 0 spiro atoms. The fraction of sp³-hybridized carbons (Fsp3) is 0. The van der Waals surface area contributed by atoms with Gasteiger partial charge in [-0.2, -0.15) is 8.42 Å². The van der Waals surface area contributed by atoms with Crippen LogP contribution >= 0.6 is 0 Å². The molecule has 0 aromatic heterocycles. The van der Waals surface area contributed by atoms with Crippen LogP contribution in [-0.2, 0) is 10.1 Å². The van der Waals surface area contributed by atoms with Crippen molar-refractivity contribution in [2.75, 3.05) is 0 Å². The van der Waals surface area contributed by atoms with E-state index in [1.165, 1.54) is 18.2 Å². The van der Waals surface area contributed by atoms with Gasteiger partial charge in [0.2, 0.25) is 0 Å². The highest BCUT2D eigenvalue weighted by molar-refractivity contribution is 7.86. The van der Waals surface area contributed by atoms with Crippen molar-refractivity contribution in [2.24, 2.45) is 4.99 Å². The number of ketones is 2. The number of carbonyl (C=O) groups is 2. The lowest BCUT2D eigenvalue weighted by Gasteiger charge is -2.19. The van der Waals surface area contributed by atoms with Crippen molar-refractivity contribution < 1.29 is 22.6 Å². The van der Waals surface area contributed by atoms with Gasteiger partial charge in [-0.25, -0.2) is 0 Å². The lowest BCUT2D eigenvalue weighted by Crippen LogP contribution is -2.21. The lowest BCUT2D eigenvalue weighted by molar-refractivity contribution is 0.0979. The van der Waals surface area contributed by atoms with Gasteiger partial charge >= 0.3 is 0 Å². The van der Waals surface area contributed by atoms with Crippen LogP contribution in [0.15, 0.2) is 46.3 Å². The molecule has 2 aromatic carbocycles. The van der Waals surface area contributed by atoms with Gasteiger partial charge in [0.25, 0.3) is 10.1 Å². The molecule has 2 aromatic rings. The van der Waals surface area contributed by atoms with E-state index in [4.69, 9.17) is 0 Å². The Balaban J connectivity index is 2.42. The first-order valence-corrected chi connectivity index (χ1v) is 7.60. The van der Waals surface area contributed by atoms with E-state index >= 15 is 0 Å². The number of aliphatic imine (C=N–C) groups is 1. The summed E-state index contributed by atoms with van der Waals surface area (Å²) in [6.07, 6.45) is 0. The molecule has 0 aliphatic heterocycles. The summed E-state index contributed by atoms with van der Waals surface area (Å²) in [6.45, 7) is 3.24. The summed E-state index contributed by atoms with van der Waals surface area (Å²) in [7, 11) is -4.59. The molecule has 0 fully saturated rings. The smallest absolute Gasteiger partial charge is 0.289 e. The fourth-order valence-electron chi connectivity index (χ4n) is 2.52. The van der Waals surface area contributed by atoms with E-state index in [-0.39, 0.29) is 27.9 Å². The minimum atomic E-state index is -4.59. The van der Waals surface area contributed by atoms with Crippen LogP contribution in [0.2, 0.25) is 0 Å². The SMILES string of the molecule is C=Nc1c(S(=O)(=O)O)ccc2c1C(=O)c1ccccc1C2=O. The lowest BCUT2D eigenvalue weighted by atomic mass is 9.83. The highest BCUT2D eigenvalue weighted by Gasteiger charge is 2.34. The number of benzene rings is 2. The first-order chi connectivity index (χ1) is 10.4. The third kappa shape index (κ3) is 1.91. The summed E-state index contributed by atoms with van der Waals surface area (Å²) in [4.78, 5) is 28.0. The summed E-state index contributed by atoms with van der Waals surface area (Å²) < 4.78 is 32.0. The third-order valence-corrected chi connectivity index (χ3v) is 4.35. The molecular weight excluding hydrogens is 306 g/mol. The molecule has 3 rings (SSSR count). The van der Waals surface area contributed by atoms with Crippen molar-refractivity contribution in [2.45, 2.75) is 4.90 Å². The summed E-state index contributed by atoms with van der Waals surface area (Å²) in [5.74, 6) is -0.935. The number of hydrogen-bond acceptors (Lipinski definition) is 5. The van der Waals surface area contributed by atoms with Crippen LogP contribution in [0.4, 0.5) is 5.69 Å². The van der Waals surface area contributed by atoms with Gasteiger partial charge in [-0.05, 0) is 18.9 Å². The Labute approximate surface area is 125 Å². The molecule has 1 aliphatic carbocycles. The normalized spacial score (nSPS) is 13.5. The molecule has 0 heterocycles. The third-order valence-electron chi connectivity index (χ3n) is 3.46. The van der Waals surface area contributed by atoms with Gasteiger partial charge < -0.3 is 0 Å². The van der Waals surface area contributed by atoms with Crippen LogP contribution in [0.3, 0.4) is 0 Å². The van der Waals surface area contributed by atoms with E-state index in [0.717, 1.165) is 6.07 Å². The molecule has 0 amide bonds. The van der Waals surface area contributed by atoms with Gasteiger partial charge in [0.05, 0.1) is 11.3 Å². The predicted molar refractivity (Wildman–Crippen MR) is 78.8 cm³/mol. The van der Waals surface area contributed by atoms with Crippen molar-refractivity contribution in [1.82, 2.24) is 0 Å². The minimum Gasteiger partial charge on any atom is -0.289 e. The molecule has 0 radical (unpaired) electrons. The molecular formula is C15H9NO5S. The van der Waals surface area contributed by atoms with E-state index in [0.29, 0.717) is 0 Å². The van der Waals surface area contributed by atoms with Gasteiger partial charge in [0, 0.05) is 16.7 Å².